The smallest absolute Gasteiger partial charge is 0.191 e. The highest BCUT2D eigenvalue weighted by Crippen LogP contribution is 2.43. The van der Waals surface area contributed by atoms with Gasteiger partial charge in [0.05, 0.1) is 6.54 Å². The Morgan fingerprint density at radius 2 is 1.83 bits per heavy atom. The van der Waals surface area contributed by atoms with Crippen molar-refractivity contribution < 1.29 is 8.78 Å². The molecule has 1 aliphatic carbocycles. The summed E-state index contributed by atoms with van der Waals surface area (Å²) in [5.74, 6) is -0.547. The Bertz CT molecular complexity index is 986. The zero-order chi connectivity index (χ0) is 20.2. The number of guanidine groups is 1. The molecule has 30 heavy (non-hydrogen) atoms. The molecular weight excluding hydrogens is 499 g/mol. The first-order chi connectivity index (χ1) is 14.2. The number of benzene rings is 2. The fraction of sp³-hybridized carbons (Fsp3) is 0.273. The summed E-state index contributed by atoms with van der Waals surface area (Å²) >= 11 is 0. The highest BCUT2D eigenvalue weighted by Gasteiger charge is 2.42. The van der Waals surface area contributed by atoms with E-state index in [9.17, 15) is 8.78 Å². The van der Waals surface area contributed by atoms with Crippen molar-refractivity contribution in [3.63, 3.8) is 0 Å². The second kappa shape index (κ2) is 10.0. The van der Waals surface area contributed by atoms with Gasteiger partial charge in [-0.1, -0.05) is 30.3 Å². The molecule has 0 saturated heterocycles. The minimum atomic E-state index is -0.491. The zero-order valence-corrected chi connectivity index (χ0v) is 18.9. The summed E-state index contributed by atoms with van der Waals surface area (Å²) < 4.78 is 29.8. The first kappa shape index (κ1) is 22.2. The van der Waals surface area contributed by atoms with Gasteiger partial charge in [-0.3, -0.25) is 9.67 Å². The van der Waals surface area contributed by atoms with Crippen LogP contribution in [-0.2, 0) is 13.1 Å². The van der Waals surface area contributed by atoms with Crippen molar-refractivity contribution >= 4 is 29.9 Å². The number of aromatic nitrogens is 2. The monoisotopic (exact) mass is 523 g/mol. The molecule has 1 aliphatic rings. The molecule has 0 bridgehead atoms. The summed E-state index contributed by atoms with van der Waals surface area (Å²) in [6.45, 7) is 1.27. The molecule has 1 fully saturated rings. The van der Waals surface area contributed by atoms with E-state index in [1.165, 1.54) is 18.2 Å². The maximum atomic E-state index is 14.0. The van der Waals surface area contributed by atoms with Crippen LogP contribution in [0.1, 0.15) is 29.0 Å². The third-order valence-electron chi connectivity index (χ3n) is 5.16. The lowest BCUT2D eigenvalue weighted by atomic mass is 10.1. The van der Waals surface area contributed by atoms with Gasteiger partial charge in [-0.15, -0.1) is 24.0 Å². The quantitative estimate of drug-likeness (QED) is 0.291. The number of halogens is 3. The molecule has 0 aliphatic heterocycles. The fourth-order valence-corrected chi connectivity index (χ4v) is 3.54. The highest BCUT2D eigenvalue weighted by molar-refractivity contribution is 14.0. The third kappa shape index (κ3) is 5.16. The number of nitrogens with one attached hydrogen (secondary N) is 2. The Morgan fingerprint density at radius 3 is 2.50 bits per heavy atom. The van der Waals surface area contributed by atoms with E-state index in [1.807, 2.05) is 29.1 Å². The van der Waals surface area contributed by atoms with Gasteiger partial charge in [-0.05, 0) is 35.7 Å². The van der Waals surface area contributed by atoms with Crippen molar-refractivity contribution in [2.24, 2.45) is 4.99 Å². The second-order valence-electron chi connectivity index (χ2n) is 7.13. The first-order valence-corrected chi connectivity index (χ1v) is 9.61. The van der Waals surface area contributed by atoms with Gasteiger partial charge in [0.15, 0.2) is 5.96 Å². The zero-order valence-electron chi connectivity index (χ0n) is 16.6. The average molecular weight is 523 g/mol. The van der Waals surface area contributed by atoms with Crippen LogP contribution in [-0.4, -0.2) is 28.8 Å². The molecule has 2 aromatic carbocycles. The average Bonchev–Trinajstić information content (AvgIpc) is 3.26. The topological polar surface area (TPSA) is 54.2 Å². The summed E-state index contributed by atoms with van der Waals surface area (Å²) in [6.07, 6.45) is 4.37. The Kier molecular flexibility index (Phi) is 7.41. The predicted octanol–water partition coefficient (Wildman–Crippen LogP) is 4.05. The van der Waals surface area contributed by atoms with E-state index in [0.717, 1.165) is 11.1 Å². The van der Waals surface area contributed by atoms with Crippen LogP contribution in [0.25, 0.3) is 0 Å². The lowest BCUT2D eigenvalue weighted by Crippen LogP contribution is -2.38. The van der Waals surface area contributed by atoms with Crippen molar-refractivity contribution in [3.8, 4) is 0 Å². The maximum absolute atomic E-state index is 14.0. The fourth-order valence-electron chi connectivity index (χ4n) is 3.54. The van der Waals surface area contributed by atoms with E-state index >= 15 is 0 Å². The van der Waals surface area contributed by atoms with Crippen LogP contribution in [0.2, 0.25) is 0 Å². The van der Waals surface area contributed by atoms with E-state index in [4.69, 9.17) is 0 Å². The Hall–Kier alpha value is -2.49. The SMILES string of the molecule is CN=C(NCc1ccccc1Cn1cccn1)NC1CC1c1c(F)cccc1F.I. The van der Waals surface area contributed by atoms with Gasteiger partial charge in [-0.25, -0.2) is 8.78 Å². The van der Waals surface area contributed by atoms with Gasteiger partial charge in [0.1, 0.15) is 11.6 Å². The lowest BCUT2D eigenvalue weighted by molar-refractivity contribution is 0.553. The minimum Gasteiger partial charge on any atom is -0.353 e. The van der Waals surface area contributed by atoms with E-state index in [0.29, 0.717) is 25.5 Å². The Morgan fingerprint density at radius 1 is 1.10 bits per heavy atom. The lowest BCUT2D eigenvalue weighted by Gasteiger charge is -2.15. The molecule has 8 heteroatoms. The molecule has 2 atom stereocenters. The molecule has 1 saturated carbocycles. The van der Waals surface area contributed by atoms with Crippen LogP contribution in [0.15, 0.2) is 65.9 Å². The Balaban J connectivity index is 0.00000256. The molecule has 5 nitrogen and oxygen atoms in total. The summed E-state index contributed by atoms with van der Waals surface area (Å²) in [6, 6.07) is 14.0. The van der Waals surface area contributed by atoms with Gasteiger partial charge in [0, 0.05) is 43.5 Å². The molecule has 0 amide bonds. The summed E-state index contributed by atoms with van der Waals surface area (Å²) in [7, 11) is 1.69. The van der Waals surface area contributed by atoms with Gasteiger partial charge in [0.25, 0.3) is 0 Å². The molecule has 0 radical (unpaired) electrons. The second-order valence-corrected chi connectivity index (χ2v) is 7.13. The van der Waals surface area contributed by atoms with Crippen molar-refractivity contribution in [3.05, 3.63) is 89.2 Å². The largest absolute Gasteiger partial charge is 0.353 e. The molecule has 1 aromatic heterocycles. The number of nitrogens with zero attached hydrogens (tertiary/aromatic N) is 3. The number of aliphatic imine (C=N–C) groups is 1. The Labute approximate surface area is 191 Å². The summed E-state index contributed by atoms with van der Waals surface area (Å²) in [5, 5.41) is 10.8. The van der Waals surface area contributed by atoms with Crippen LogP contribution < -0.4 is 10.6 Å². The number of hydrogen-bond donors (Lipinski definition) is 2. The molecule has 2 unspecified atom stereocenters. The van der Waals surface area contributed by atoms with Crippen molar-refractivity contribution in [1.82, 2.24) is 20.4 Å². The molecule has 4 rings (SSSR count). The molecular formula is C22H24F2IN5. The van der Waals surface area contributed by atoms with Crippen LogP contribution in [0, 0.1) is 11.6 Å². The molecule has 1 heterocycles. The van der Waals surface area contributed by atoms with E-state index in [1.54, 1.807) is 13.2 Å². The van der Waals surface area contributed by atoms with Crippen LogP contribution in [0.3, 0.4) is 0 Å². The predicted molar refractivity (Wildman–Crippen MR) is 124 cm³/mol. The molecule has 0 spiro atoms. The van der Waals surface area contributed by atoms with Crippen LogP contribution in [0.4, 0.5) is 8.78 Å². The van der Waals surface area contributed by atoms with Gasteiger partial charge in [-0.2, -0.15) is 5.10 Å². The third-order valence-corrected chi connectivity index (χ3v) is 5.16. The van der Waals surface area contributed by atoms with Crippen LogP contribution >= 0.6 is 24.0 Å². The van der Waals surface area contributed by atoms with Crippen LogP contribution in [0.5, 0.6) is 0 Å². The van der Waals surface area contributed by atoms with Crippen molar-refractivity contribution in [2.75, 3.05) is 7.05 Å². The summed E-state index contributed by atoms with van der Waals surface area (Å²) in [5.41, 5.74) is 2.46. The standard InChI is InChI=1S/C22H23F2N5.HI/c1-25-22(28-20-12-17(20)21-18(23)8-4-9-19(21)24)26-13-15-6-2-3-7-16(15)14-29-11-5-10-27-29;/h2-11,17,20H,12-14H2,1H3,(H2,25,26,28);1H. The molecule has 158 valence electrons. The minimum absolute atomic E-state index is 0. The molecule has 3 aromatic rings. The van der Waals surface area contributed by atoms with E-state index in [2.05, 4.69) is 32.9 Å². The normalized spacial score (nSPS) is 17.9. The summed E-state index contributed by atoms with van der Waals surface area (Å²) in [4.78, 5) is 4.25. The van der Waals surface area contributed by atoms with Crippen molar-refractivity contribution in [1.29, 1.82) is 0 Å². The van der Waals surface area contributed by atoms with E-state index < -0.39 is 11.6 Å². The highest BCUT2D eigenvalue weighted by atomic mass is 127. The van der Waals surface area contributed by atoms with Gasteiger partial charge < -0.3 is 10.6 Å². The number of rotatable bonds is 6. The van der Waals surface area contributed by atoms with Gasteiger partial charge in [0.2, 0.25) is 0 Å². The van der Waals surface area contributed by atoms with E-state index in [-0.39, 0.29) is 41.5 Å². The molecule has 2 N–H and O–H groups in total. The number of hydrogen-bond acceptors (Lipinski definition) is 2. The first-order valence-electron chi connectivity index (χ1n) is 9.61. The van der Waals surface area contributed by atoms with Crippen molar-refractivity contribution in [2.45, 2.75) is 31.5 Å². The van der Waals surface area contributed by atoms with Gasteiger partial charge >= 0.3 is 0 Å². The maximum Gasteiger partial charge on any atom is 0.191 e.